The van der Waals surface area contributed by atoms with Gasteiger partial charge in [-0.15, -0.1) is 0 Å². The molecule has 8 nitrogen and oxygen atoms in total. The van der Waals surface area contributed by atoms with E-state index in [1.165, 1.54) is 0 Å². The van der Waals surface area contributed by atoms with Crippen molar-refractivity contribution in [3.63, 3.8) is 0 Å². The van der Waals surface area contributed by atoms with Crippen LogP contribution in [0.25, 0.3) is 0 Å². The number of nitrogens with one attached hydrogen (secondary N) is 3. The van der Waals surface area contributed by atoms with Gasteiger partial charge in [-0.2, -0.15) is 0 Å². The average Bonchev–Trinajstić information content (AvgIpc) is 2.75. The maximum absolute atomic E-state index is 11.5. The molecule has 9 heteroatoms. The average molecular weight is 215 g/mol. The van der Waals surface area contributed by atoms with E-state index in [4.69, 9.17) is 5.73 Å². The zero-order chi connectivity index (χ0) is 9.97. The maximum Gasteiger partial charge on any atom is 0.244 e. The van der Waals surface area contributed by atoms with Crippen LogP contribution in [-0.4, -0.2) is 32.9 Å². The second-order valence-corrected chi connectivity index (χ2v) is 3.57. The first-order valence-corrected chi connectivity index (χ1v) is 4.75. The Morgan fingerprint density at radius 1 is 1.64 bits per heavy atom. The number of rotatable bonds is 2. The van der Waals surface area contributed by atoms with E-state index in [2.05, 4.69) is 31.0 Å². The molecule has 0 radical (unpaired) electrons. The number of anilines is 1. The predicted octanol–water partition coefficient (Wildman–Crippen LogP) is -1.98. The molecule has 1 fully saturated rings. The van der Waals surface area contributed by atoms with Gasteiger partial charge in [0.15, 0.2) is 0 Å². The molecule has 1 aliphatic rings. The third-order valence-corrected chi connectivity index (χ3v) is 2.29. The molecular weight excluding hydrogens is 206 g/mol. The second-order valence-electron chi connectivity index (χ2n) is 2.84. The molecule has 0 aliphatic carbocycles. The van der Waals surface area contributed by atoms with Gasteiger partial charge in [-0.05, 0) is 5.21 Å². The molecule has 2 rings (SSSR count). The Labute approximate surface area is 83.4 Å². The van der Waals surface area contributed by atoms with E-state index in [-0.39, 0.29) is 18.1 Å². The van der Waals surface area contributed by atoms with Crippen molar-refractivity contribution in [2.75, 3.05) is 5.32 Å². The van der Waals surface area contributed by atoms with E-state index >= 15 is 0 Å². The molecule has 0 spiro atoms. The zero-order valence-electron chi connectivity index (χ0n) is 7.10. The number of nitrogens with zero attached hydrogens (tertiary/aromatic N) is 3. The van der Waals surface area contributed by atoms with Crippen LogP contribution >= 0.6 is 11.5 Å². The molecule has 2 heterocycles. The minimum Gasteiger partial charge on any atom is -0.315 e. The lowest BCUT2D eigenvalue weighted by Crippen LogP contribution is -2.41. The van der Waals surface area contributed by atoms with Gasteiger partial charge in [0.05, 0.1) is 6.17 Å². The SMILES string of the molecule is NC1CC(C(=O)Nc2nnns2)NN1. The van der Waals surface area contributed by atoms with E-state index in [1.807, 2.05) is 0 Å². The van der Waals surface area contributed by atoms with E-state index in [1.54, 1.807) is 0 Å². The van der Waals surface area contributed by atoms with Crippen molar-refractivity contribution in [1.82, 2.24) is 25.7 Å². The molecule has 14 heavy (non-hydrogen) atoms. The molecule has 76 valence electrons. The normalized spacial score (nSPS) is 26.4. The van der Waals surface area contributed by atoms with Gasteiger partial charge < -0.3 is 5.73 Å². The van der Waals surface area contributed by atoms with E-state index in [0.717, 1.165) is 11.5 Å². The van der Waals surface area contributed by atoms with Crippen molar-refractivity contribution in [3.8, 4) is 0 Å². The first-order valence-electron chi connectivity index (χ1n) is 3.98. The Morgan fingerprint density at radius 3 is 3.07 bits per heavy atom. The summed E-state index contributed by atoms with van der Waals surface area (Å²) in [6, 6.07) is -0.339. The summed E-state index contributed by atoms with van der Waals surface area (Å²) < 4.78 is 3.52. The Bertz CT molecular complexity index is 314. The van der Waals surface area contributed by atoms with Crippen molar-refractivity contribution in [1.29, 1.82) is 0 Å². The van der Waals surface area contributed by atoms with E-state index in [0.29, 0.717) is 11.6 Å². The van der Waals surface area contributed by atoms with Crippen molar-refractivity contribution in [2.45, 2.75) is 18.6 Å². The van der Waals surface area contributed by atoms with Crippen molar-refractivity contribution >= 4 is 22.6 Å². The molecule has 1 saturated heterocycles. The van der Waals surface area contributed by atoms with Gasteiger partial charge in [-0.3, -0.25) is 10.1 Å². The molecule has 1 amide bonds. The quantitative estimate of drug-likeness (QED) is 0.451. The predicted molar refractivity (Wildman–Crippen MR) is 49.0 cm³/mol. The number of hydrazine groups is 1. The molecular formula is C5H9N7OS. The maximum atomic E-state index is 11.5. The summed E-state index contributed by atoms with van der Waals surface area (Å²) in [7, 11) is 0. The van der Waals surface area contributed by atoms with Gasteiger partial charge in [0.1, 0.15) is 6.04 Å². The molecule has 5 N–H and O–H groups in total. The first kappa shape index (κ1) is 9.40. The van der Waals surface area contributed by atoms with Crippen LogP contribution in [0.15, 0.2) is 0 Å². The molecule has 1 aliphatic heterocycles. The van der Waals surface area contributed by atoms with Crippen molar-refractivity contribution in [2.24, 2.45) is 5.73 Å². The van der Waals surface area contributed by atoms with Gasteiger partial charge in [-0.25, -0.2) is 10.9 Å². The van der Waals surface area contributed by atoms with Crippen LogP contribution < -0.4 is 21.9 Å². The Kier molecular flexibility index (Phi) is 2.63. The molecule has 2 unspecified atom stereocenters. The van der Waals surface area contributed by atoms with Crippen LogP contribution in [0.5, 0.6) is 0 Å². The number of nitrogens with two attached hydrogens (primary N) is 1. The summed E-state index contributed by atoms with van der Waals surface area (Å²) in [5.41, 5.74) is 11.1. The molecule has 0 saturated carbocycles. The molecule has 1 aromatic rings. The standard InChI is InChI=1S/C5H9N7OS/c6-3-1-2(8-9-3)4(13)7-5-10-11-12-14-5/h2-3,8-9H,1,6H2,(H,7,10,12,13). The Morgan fingerprint density at radius 2 is 2.50 bits per heavy atom. The topological polar surface area (TPSA) is 118 Å². The van der Waals surface area contributed by atoms with Crippen LogP contribution in [0.4, 0.5) is 5.13 Å². The van der Waals surface area contributed by atoms with Crippen LogP contribution in [-0.2, 0) is 4.79 Å². The lowest BCUT2D eigenvalue weighted by molar-refractivity contribution is -0.117. The van der Waals surface area contributed by atoms with E-state index < -0.39 is 0 Å². The molecule has 2 atom stereocenters. The highest BCUT2D eigenvalue weighted by Gasteiger charge is 2.27. The Hall–Kier alpha value is -1.16. The summed E-state index contributed by atoms with van der Waals surface area (Å²) in [5, 5.41) is 9.91. The van der Waals surface area contributed by atoms with Gasteiger partial charge in [0, 0.05) is 18.0 Å². The van der Waals surface area contributed by atoms with Gasteiger partial charge in [0.25, 0.3) is 0 Å². The molecule has 1 aromatic heterocycles. The third kappa shape index (κ3) is 2.01. The van der Waals surface area contributed by atoms with Crippen molar-refractivity contribution < 1.29 is 4.79 Å². The molecule has 0 bridgehead atoms. The van der Waals surface area contributed by atoms with Gasteiger partial charge >= 0.3 is 0 Å². The highest BCUT2D eigenvalue weighted by molar-refractivity contribution is 7.09. The lowest BCUT2D eigenvalue weighted by atomic mass is 10.2. The van der Waals surface area contributed by atoms with E-state index in [9.17, 15) is 4.79 Å². The minimum absolute atomic E-state index is 0.191. The highest BCUT2D eigenvalue weighted by Crippen LogP contribution is 2.08. The lowest BCUT2D eigenvalue weighted by Gasteiger charge is -2.06. The number of carbonyl (C=O) groups is 1. The van der Waals surface area contributed by atoms with Crippen molar-refractivity contribution in [3.05, 3.63) is 0 Å². The minimum atomic E-state index is -0.339. The molecule has 0 aromatic carbocycles. The summed E-state index contributed by atoms with van der Waals surface area (Å²) in [6.07, 6.45) is 0.344. The summed E-state index contributed by atoms with van der Waals surface area (Å²) >= 11 is 1.03. The second kappa shape index (κ2) is 3.92. The number of aromatic nitrogens is 3. The van der Waals surface area contributed by atoms with Gasteiger partial charge in [0.2, 0.25) is 11.0 Å². The first-order chi connectivity index (χ1) is 6.75. The largest absolute Gasteiger partial charge is 0.315 e. The summed E-state index contributed by atoms with van der Waals surface area (Å²) in [5.74, 6) is -0.191. The highest BCUT2D eigenvalue weighted by atomic mass is 32.1. The fourth-order valence-corrected chi connectivity index (χ4v) is 1.50. The van der Waals surface area contributed by atoms with Crippen LogP contribution in [0.3, 0.4) is 0 Å². The smallest absolute Gasteiger partial charge is 0.244 e. The van der Waals surface area contributed by atoms with Crippen LogP contribution in [0.2, 0.25) is 0 Å². The summed E-state index contributed by atoms with van der Waals surface area (Å²) in [6.45, 7) is 0. The van der Waals surface area contributed by atoms with Crippen LogP contribution in [0, 0.1) is 0 Å². The van der Waals surface area contributed by atoms with Crippen LogP contribution in [0.1, 0.15) is 6.42 Å². The number of amides is 1. The fraction of sp³-hybridized carbons (Fsp3) is 0.600. The number of hydrogen-bond acceptors (Lipinski definition) is 8. The number of hydrogen-bond donors (Lipinski definition) is 4. The zero-order valence-corrected chi connectivity index (χ0v) is 7.91. The third-order valence-electron chi connectivity index (χ3n) is 1.78. The number of carbonyl (C=O) groups excluding carboxylic acids is 1. The fourth-order valence-electron chi connectivity index (χ4n) is 1.13. The summed E-state index contributed by atoms with van der Waals surface area (Å²) in [4.78, 5) is 11.5. The monoisotopic (exact) mass is 215 g/mol. The van der Waals surface area contributed by atoms with Gasteiger partial charge in [-0.1, -0.05) is 9.59 Å². The Balaban J connectivity index is 1.90.